The van der Waals surface area contributed by atoms with Gasteiger partial charge in [-0.3, -0.25) is 4.90 Å². The molecule has 2 N–H and O–H groups in total. The predicted molar refractivity (Wildman–Crippen MR) is 64.6 cm³/mol. The lowest BCUT2D eigenvalue weighted by molar-refractivity contribution is 0.203. The van der Waals surface area contributed by atoms with E-state index in [-0.39, 0.29) is 6.03 Å². The topological polar surface area (TPSA) is 58.8 Å². The van der Waals surface area contributed by atoms with Crippen molar-refractivity contribution in [1.82, 2.24) is 9.80 Å². The van der Waals surface area contributed by atoms with Gasteiger partial charge in [-0.25, -0.2) is 4.79 Å². The number of rotatable bonds is 3. The number of carbonyl (C=O) groups is 1. The zero-order valence-electron chi connectivity index (χ0n) is 9.93. The first-order valence-electron chi connectivity index (χ1n) is 5.58. The van der Waals surface area contributed by atoms with Crippen LogP contribution in [0.1, 0.15) is 5.56 Å². The molecule has 1 aliphatic heterocycles. The Labute approximate surface area is 101 Å². The van der Waals surface area contributed by atoms with Crippen LogP contribution in [0.4, 0.5) is 4.79 Å². The molecule has 0 unspecified atom stereocenters. The van der Waals surface area contributed by atoms with Crippen LogP contribution >= 0.6 is 0 Å². The van der Waals surface area contributed by atoms with Gasteiger partial charge in [-0.15, -0.1) is 0 Å². The van der Waals surface area contributed by atoms with E-state index >= 15 is 0 Å². The van der Waals surface area contributed by atoms with Crippen molar-refractivity contribution < 1.29 is 9.53 Å². The number of amides is 2. The summed E-state index contributed by atoms with van der Waals surface area (Å²) in [6, 6.07) is 7.61. The summed E-state index contributed by atoms with van der Waals surface area (Å²) in [6.07, 6.45) is 0. The Hall–Kier alpha value is -1.75. The Morgan fingerprint density at radius 1 is 1.35 bits per heavy atom. The zero-order valence-corrected chi connectivity index (χ0v) is 9.93. The molecule has 1 aromatic rings. The molecule has 0 radical (unpaired) electrons. The van der Waals surface area contributed by atoms with Crippen LogP contribution in [0.3, 0.4) is 0 Å². The molecule has 2 amide bonds. The number of hydrogen-bond acceptors (Lipinski definition) is 3. The fourth-order valence-corrected chi connectivity index (χ4v) is 1.94. The van der Waals surface area contributed by atoms with Gasteiger partial charge < -0.3 is 15.4 Å². The number of hydrogen-bond donors (Lipinski definition) is 1. The number of urea groups is 1. The summed E-state index contributed by atoms with van der Waals surface area (Å²) < 4.78 is 5.10. The van der Waals surface area contributed by atoms with Gasteiger partial charge in [-0.05, 0) is 17.7 Å². The van der Waals surface area contributed by atoms with Crippen LogP contribution in [0, 0.1) is 0 Å². The van der Waals surface area contributed by atoms with Crippen LogP contribution in [-0.4, -0.2) is 42.7 Å². The lowest BCUT2D eigenvalue weighted by Crippen LogP contribution is -2.35. The number of nitrogens with zero attached hydrogens (tertiary/aromatic N) is 2. The zero-order chi connectivity index (χ0) is 12.3. The minimum absolute atomic E-state index is 0.345. The van der Waals surface area contributed by atoms with Gasteiger partial charge in [0.1, 0.15) is 5.75 Å². The van der Waals surface area contributed by atoms with E-state index in [1.807, 2.05) is 24.3 Å². The van der Waals surface area contributed by atoms with E-state index in [4.69, 9.17) is 10.5 Å². The maximum Gasteiger partial charge on any atom is 0.315 e. The molecule has 1 saturated heterocycles. The molecule has 5 nitrogen and oxygen atoms in total. The fourth-order valence-electron chi connectivity index (χ4n) is 1.94. The second-order valence-corrected chi connectivity index (χ2v) is 4.14. The van der Waals surface area contributed by atoms with E-state index in [0.717, 1.165) is 18.8 Å². The molecule has 92 valence electrons. The van der Waals surface area contributed by atoms with E-state index in [2.05, 4.69) is 4.90 Å². The van der Waals surface area contributed by atoms with Crippen LogP contribution in [0.2, 0.25) is 0 Å². The van der Waals surface area contributed by atoms with Gasteiger partial charge in [0, 0.05) is 19.6 Å². The fraction of sp³-hybridized carbons (Fsp3) is 0.417. The van der Waals surface area contributed by atoms with Gasteiger partial charge >= 0.3 is 6.03 Å². The van der Waals surface area contributed by atoms with E-state index < -0.39 is 0 Å². The minimum atomic E-state index is -0.345. The summed E-state index contributed by atoms with van der Waals surface area (Å²) in [7, 11) is 1.65. The van der Waals surface area contributed by atoms with Crippen LogP contribution in [0.15, 0.2) is 24.3 Å². The largest absolute Gasteiger partial charge is 0.497 e. The third-order valence-electron chi connectivity index (χ3n) is 2.93. The lowest BCUT2D eigenvalue weighted by Gasteiger charge is -2.16. The SMILES string of the molecule is COc1ccc(CN2CCN(C(N)=O)C2)cc1. The first-order chi connectivity index (χ1) is 8.19. The smallest absolute Gasteiger partial charge is 0.315 e. The van der Waals surface area contributed by atoms with Crippen molar-refractivity contribution in [2.45, 2.75) is 6.54 Å². The van der Waals surface area contributed by atoms with E-state index in [0.29, 0.717) is 13.2 Å². The van der Waals surface area contributed by atoms with Crippen molar-refractivity contribution in [3.63, 3.8) is 0 Å². The predicted octanol–water partition coefficient (Wildman–Crippen LogP) is 0.849. The molecule has 5 heteroatoms. The van der Waals surface area contributed by atoms with E-state index in [1.165, 1.54) is 5.56 Å². The van der Waals surface area contributed by atoms with E-state index in [1.54, 1.807) is 12.0 Å². The molecule has 0 bridgehead atoms. The van der Waals surface area contributed by atoms with Gasteiger partial charge in [-0.1, -0.05) is 12.1 Å². The highest BCUT2D eigenvalue weighted by atomic mass is 16.5. The van der Waals surface area contributed by atoms with Gasteiger partial charge in [-0.2, -0.15) is 0 Å². The third-order valence-corrected chi connectivity index (χ3v) is 2.93. The minimum Gasteiger partial charge on any atom is -0.497 e. The molecular formula is C12H17N3O2. The van der Waals surface area contributed by atoms with Crippen molar-refractivity contribution in [2.75, 3.05) is 26.9 Å². The van der Waals surface area contributed by atoms with Crippen LogP contribution < -0.4 is 10.5 Å². The molecule has 0 aliphatic carbocycles. The molecule has 0 spiro atoms. The molecule has 1 heterocycles. The highest BCUT2D eigenvalue weighted by Gasteiger charge is 2.21. The van der Waals surface area contributed by atoms with Crippen molar-refractivity contribution in [3.8, 4) is 5.75 Å². The maximum atomic E-state index is 11.0. The molecule has 2 rings (SSSR count). The molecular weight excluding hydrogens is 218 g/mol. The van der Waals surface area contributed by atoms with Crippen molar-refractivity contribution in [3.05, 3.63) is 29.8 Å². The van der Waals surface area contributed by atoms with Gasteiger partial charge in [0.2, 0.25) is 0 Å². The van der Waals surface area contributed by atoms with Crippen LogP contribution in [0.25, 0.3) is 0 Å². The normalized spacial score (nSPS) is 16.2. The third kappa shape index (κ3) is 2.88. The maximum absolute atomic E-state index is 11.0. The molecule has 1 fully saturated rings. The molecule has 1 aliphatic rings. The highest BCUT2D eigenvalue weighted by molar-refractivity contribution is 5.72. The van der Waals surface area contributed by atoms with Crippen LogP contribution in [0.5, 0.6) is 5.75 Å². The Morgan fingerprint density at radius 3 is 2.59 bits per heavy atom. The van der Waals surface area contributed by atoms with Crippen molar-refractivity contribution >= 4 is 6.03 Å². The monoisotopic (exact) mass is 235 g/mol. The van der Waals surface area contributed by atoms with Gasteiger partial charge in [0.25, 0.3) is 0 Å². The Balaban J connectivity index is 1.91. The number of primary amides is 1. The summed E-state index contributed by atoms with van der Waals surface area (Å²) in [5.74, 6) is 0.855. The van der Waals surface area contributed by atoms with E-state index in [9.17, 15) is 4.79 Å². The average Bonchev–Trinajstić information content (AvgIpc) is 2.79. The number of methoxy groups -OCH3 is 1. The summed E-state index contributed by atoms with van der Waals surface area (Å²) in [6.45, 7) is 3.02. The summed E-state index contributed by atoms with van der Waals surface area (Å²) >= 11 is 0. The number of ether oxygens (including phenoxy) is 1. The van der Waals surface area contributed by atoms with Gasteiger partial charge in [0.15, 0.2) is 0 Å². The Bertz CT molecular complexity index is 391. The average molecular weight is 235 g/mol. The summed E-state index contributed by atoms with van der Waals surface area (Å²) in [5.41, 5.74) is 6.44. The first kappa shape index (κ1) is 11.7. The quantitative estimate of drug-likeness (QED) is 0.845. The highest BCUT2D eigenvalue weighted by Crippen LogP contribution is 2.14. The molecule has 17 heavy (non-hydrogen) atoms. The van der Waals surface area contributed by atoms with Gasteiger partial charge in [0.05, 0.1) is 13.8 Å². The number of carbonyl (C=O) groups excluding carboxylic acids is 1. The Morgan fingerprint density at radius 2 is 2.06 bits per heavy atom. The Kier molecular flexibility index (Phi) is 3.49. The van der Waals surface area contributed by atoms with Crippen LogP contribution in [-0.2, 0) is 6.54 Å². The molecule has 0 saturated carbocycles. The summed E-state index contributed by atoms with van der Waals surface area (Å²) in [4.78, 5) is 14.8. The first-order valence-corrected chi connectivity index (χ1v) is 5.58. The summed E-state index contributed by atoms with van der Waals surface area (Å²) in [5, 5.41) is 0. The molecule has 1 aromatic carbocycles. The number of benzene rings is 1. The second-order valence-electron chi connectivity index (χ2n) is 4.14. The molecule has 0 aromatic heterocycles. The standard InChI is InChI=1S/C12H17N3O2/c1-17-11-4-2-10(3-5-11)8-14-6-7-15(9-14)12(13)16/h2-5H,6-9H2,1H3,(H2,13,16). The second kappa shape index (κ2) is 5.05. The van der Waals surface area contributed by atoms with Crippen molar-refractivity contribution in [2.24, 2.45) is 5.73 Å². The number of nitrogens with two attached hydrogens (primary N) is 1. The lowest BCUT2D eigenvalue weighted by atomic mass is 10.2. The molecule has 0 atom stereocenters. The van der Waals surface area contributed by atoms with Crippen molar-refractivity contribution in [1.29, 1.82) is 0 Å².